The van der Waals surface area contributed by atoms with E-state index in [4.69, 9.17) is 15.3 Å². The molecule has 1 aromatic carbocycles. The summed E-state index contributed by atoms with van der Waals surface area (Å²) in [5.41, 5.74) is 0.000465. The number of carbonyl (C=O) groups excluding carboxylic acids is 1. The Hall–Kier alpha value is -3.98. The molecule has 2 aliphatic heterocycles. The summed E-state index contributed by atoms with van der Waals surface area (Å²) in [6.45, 7) is 2.83. The number of rotatable bonds is 7. The first kappa shape index (κ1) is 27.1. The van der Waals surface area contributed by atoms with Crippen molar-refractivity contribution in [2.45, 2.75) is 32.4 Å². The van der Waals surface area contributed by atoms with Crippen molar-refractivity contribution in [1.29, 1.82) is 5.41 Å². The normalized spacial score (nSPS) is 18.2. The molecule has 202 valence electrons. The lowest BCUT2D eigenvalue weighted by molar-refractivity contribution is 0.0256. The van der Waals surface area contributed by atoms with Crippen LogP contribution in [0.15, 0.2) is 46.2 Å². The van der Waals surface area contributed by atoms with Gasteiger partial charge < -0.3 is 20.4 Å². The molecular weight excluding hydrogens is 527 g/mol. The Morgan fingerprint density at radius 3 is 2.42 bits per heavy atom. The summed E-state index contributed by atoms with van der Waals surface area (Å²) in [5, 5.41) is 20.7. The number of pyridine rings is 1. The molecule has 0 radical (unpaired) electrons. The zero-order valence-corrected chi connectivity index (χ0v) is 21.1. The number of benzene rings is 1. The molecule has 11 nitrogen and oxygen atoms in total. The number of anilines is 1. The molecule has 2 aromatic rings. The van der Waals surface area contributed by atoms with Crippen LogP contribution in [0.25, 0.3) is 0 Å². The molecular formula is C23H24F3N7O4S. The number of urea groups is 1. The summed E-state index contributed by atoms with van der Waals surface area (Å²) in [7, 11) is -4.19. The molecule has 1 saturated heterocycles. The van der Waals surface area contributed by atoms with E-state index in [1.54, 1.807) is 0 Å². The highest BCUT2D eigenvalue weighted by molar-refractivity contribution is 7.94. The Labute approximate surface area is 216 Å². The zero-order valence-electron chi connectivity index (χ0n) is 20.3. The van der Waals surface area contributed by atoms with Crippen LogP contribution in [0, 0.1) is 22.9 Å². The van der Waals surface area contributed by atoms with Gasteiger partial charge in [-0.25, -0.2) is 41.5 Å². The number of hydrazone groups is 1. The van der Waals surface area contributed by atoms with E-state index in [9.17, 15) is 26.4 Å². The Morgan fingerprint density at radius 1 is 1.16 bits per heavy atom. The minimum atomic E-state index is -4.19. The van der Waals surface area contributed by atoms with Crippen molar-refractivity contribution in [3.8, 4) is 5.75 Å². The van der Waals surface area contributed by atoms with Crippen molar-refractivity contribution in [2.24, 2.45) is 10.2 Å². The van der Waals surface area contributed by atoms with E-state index in [1.165, 1.54) is 31.0 Å². The summed E-state index contributed by atoms with van der Waals surface area (Å²) in [6, 6.07) is 3.09. The SMILES string of the molecule is CC(=N)/C(=C(/C)Nc1cc(OC2CN(C(=O)N3N=CC[C@H]3c3cc(F)cc(F)c3)C2)c(F)cn1)S(N)(=O)=O. The van der Waals surface area contributed by atoms with Crippen LogP contribution >= 0.6 is 0 Å². The molecule has 0 unspecified atom stereocenters. The molecule has 1 fully saturated rings. The molecule has 0 bridgehead atoms. The van der Waals surface area contributed by atoms with E-state index in [0.717, 1.165) is 29.4 Å². The largest absolute Gasteiger partial charge is 0.483 e. The number of nitrogens with zero attached hydrogens (tertiary/aromatic N) is 4. The smallest absolute Gasteiger partial charge is 0.341 e. The van der Waals surface area contributed by atoms with Crippen LogP contribution in [-0.2, 0) is 10.0 Å². The fourth-order valence-corrected chi connectivity index (χ4v) is 5.08. The Bertz CT molecular complexity index is 1440. The van der Waals surface area contributed by atoms with E-state index < -0.39 is 50.6 Å². The van der Waals surface area contributed by atoms with Crippen LogP contribution < -0.4 is 15.2 Å². The number of halogens is 3. The van der Waals surface area contributed by atoms with Crippen molar-refractivity contribution in [3.63, 3.8) is 0 Å². The van der Waals surface area contributed by atoms with Gasteiger partial charge in [0.2, 0.25) is 10.0 Å². The predicted octanol–water partition coefficient (Wildman–Crippen LogP) is 3.09. The molecule has 0 aliphatic carbocycles. The molecule has 2 amide bonds. The number of amides is 2. The van der Waals surface area contributed by atoms with Gasteiger partial charge in [-0.15, -0.1) is 0 Å². The maximum atomic E-state index is 14.4. The predicted molar refractivity (Wildman–Crippen MR) is 132 cm³/mol. The van der Waals surface area contributed by atoms with Gasteiger partial charge in [0.05, 0.1) is 31.0 Å². The molecule has 4 N–H and O–H groups in total. The summed E-state index contributed by atoms with van der Waals surface area (Å²) in [6.07, 6.45) is 2.08. The monoisotopic (exact) mass is 551 g/mol. The number of ether oxygens (including phenoxy) is 1. The van der Waals surface area contributed by atoms with E-state index in [0.29, 0.717) is 6.42 Å². The fourth-order valence-electron chi connectivity index (χ4n) is 4.17. The van der Waals surface area contributed by atoms with Crippen LogP contribution in [0.5, 0.6) is 5.75 Å². The van der Waals surface area contributed by atoms with Gasteiger partial charge in [0, 0.05) is 30.5 Å². The average Bonchev–Trinajstić information content (AvgIpc) is 3.25. The first-order chi connectivity index (χ1) is 17.8. The van der Waals surface area contributed by atoms with E-state index in [-0.39, 0.29) is 41.6 Å². The van der Waals surface area contributed by atoms with Gasteiger partial charge >= 0.3 is 6.03 Å². The van der Waals surface area contributed by atoms with E-state index in [1.807, 2.05) is 0 Å². The number of carbonyl (C=O) groups is 1. The molecule has 1 aromatic heterocycles. The van der Waals surface area contributed by atoms with Crippen LogP contribution in [0.4, 0.5) is 23.8 Å². The molecule has 0 saturated carbocycles. The number of sulfonamides is 1. The first-order valence-electron chi connectivity index (χ1n) is 11.3. The number of nitrogens with one attached hydrogen (secondary N) is 2. The maximum absolute atomic E-state index is 14.4. The van der Waals surface area contributed by atoms with Gasteiger partial charge in [-0.05, 0) is 31.5 Å². The second-order valence-corrected chi connectivity index (χ2v) is 10.3. The average molecular weight is 552 g/mol. The van der Waals surface area contributed by atoms with E-state index in [2.05, 4.69) is 15.4 Å². The highest BCUT2D eigenvalue weighted by Gasteiger charge is 2.39. The number of allylic oxidation sites excluding steroid dienone is 2. The topological polar surface area (TPSA) is 154 Å². The molecule has 2 aliphatic rings. The second kappa shape index (κ2) is 10.4. The van der Waals surface area contributed by atoms with Crippen LogP contribution in [0.2, 0.25) is 0 Å². The minimum Gasteiger partial charge on any atom is -0.483 e. The van der Waals surface area contributed by atoms with Gasteiger partial charge in [0.15, 0.2) is 11.6 Å². The lowest BCUT2D eigenvalue weighted by Gasteiger charge is -2.41. The zero-order chi connectivity index (χ0) is 27.8. The number of aromatic nitrogens is 1. The van der Waals surface area contributed by atoms with Gasteiger partial charge in [-0.1, -0.05) is 0 Å². The van der Waals surface area contributed by atoms with Gasteiger partial charge in [-0.2, -0.15) is 5.10 Å². The third kappa shape index (κ3) is 5.78. The molecule has 0 spiro atoms. The Kier molecular flexibility index (Phi) is 7.42. The quantitative estimate of drug-likeness (QED) is 0.450. The molecule has 15 heteroatoms. The van der Waals surface area contributed by atoms with Gasteiger partial charge in [0.25, 0.3) is 0 Å². The lowest BCUT2D eigenvalue weighted by Crippen LogP contribution is -2.58. The highest BCUT2D eigenvalue weighted by Crippen LogP contribution is 2.32. The Balaban J connectivity index is 1.41. The summed E-state index contributed by atoms with van der Waals surface area (Å²) < 4.78 is 70.9. The second-order valence-electron chi connectivity index (χ2n) is 8.77. The number of hydrogen-bond donors (Lipinski definition) is 3. The standard InChI is InChI=1S/C23H24F3N7O4S/c1-12(27)22(38(28,35)36)13(2)31-21-8-20(18(26)9-29-21)37-17-10-32(11-17)23(34)33-19(3-4-30-33)14-5-15(24)7-16(25)6-14/h4-9,17,19,27H,3,10-11H2,1-2H3,(H,29,31)(H2,28,35,36)/b22-13+,27-12?/t19-/m0/s1. The lowest BCUT2D eigenvalue weighted by atomic mass is 10.0. The van der Waals surface area contributed by atoms with Crippen molar-refractivity contribution in [2.75, 3.05) is 18.4 Å². The van der Waals surface area contributed by atoms with Crippen molar-refractivity contribution in [3.05, 3.63) is 64.1 Å². The van der Waals surface area contributed by atoms with Crippen molar-refractivity contribution >= 4 is 33.8 Å². The van der Waals surface area contributed by atoms with Crippen LogP contribution in [0.3, 0.4) is 0 Å². The Morgan fingerprint density at radius 2 is 1.82 bits per heavy atom. The summed E-state index contributed by atoms with van der Waals surface area (Å²) in [4.78, 5) is 17.8. The highest BCUT2D eigenvalue weighted by atomic mass is 32.2. The summed E-state index contributed by atoms with van der Waals surface area (Å²) in [5.74, 6) is -2.45. The fraction of sp³-hybridized carbons (Fsp3) is 0.304. The van der Waals surface area contributed by atoms with Crippen molar-refractivity contribution in [1.82, 2.24) is 14.9 Å². The first-order valence-corrected chi connectivity index (χ1v) is 12.8. The van der Waals surface area contributed by atoms with Crippen LogP contribution in [0.1, 0.15) is 31.9 Å². The molecule has 1 atom stereocenters. The molecule has 38 heavy (non-hydrogen) atoms. The van der Waals surface area contributed by atoms with Crippen LogP contribution in [-0.4, -0.2) is 60.5 Å². The third-order valence-corrected chi connectivity index (χ3v) is 6.99. The van der Waals surface area contributed by atoms with Gasteiger partial charge in [0.1, 0.15) is 28.5 Å². The maximum Gasteiger partial charge on any atom is 0.341 e. The molecule has 4 rings (SSSR count). The number of primary sulfonamides is 1. The molecule has 3 heterocycles. The number of hydrogen-bond acceptors (Lipinski definition) is 8. The van der Waals surface area contributed by atoms with Gasteiger partial charge in [-0.3, -0.25) is 0 Å². The third-order valence-electron chi connectivity index (χ3n) is 5.81. The summed E-state index contributed by atoms with van der Waals surface area (Å²) >= 11 is 0. The van der Waals surface area contributed by atoms with E-state index >= 15 is 0 Å². The number of nitrogens with two attached hydrogens (primary N) is 1. The minimum absolute atomic E-state index is 0.0179. The number of likely N-dealkylation sites (tertiary alicyclic amines) is 1. The van der Waals surface area contributed by atoms with Crippen molar-refractivity contribution < 1.29 is 31.1 Å².